The molecule has 3 rings (SSSR count). The van der Waals surface area contributed by atoms with Crippen molar-refractivity contribution >= 4 is 63.7 Å². The topological polar surface area (TPSA) is 146 Å². The molecule has 1 unspecified atom stereocenters. The van der Waals surface area contributed by atoms with Gasteiger partial charge in [0, 0.05) is 37.7 Å². The number of rotatable bonds is 6. The molecule has 1 fully saturated rings. The van der Waals surface area contributed by atoms with Gasteiger partial charge in [0.2, 0.25) is 11.8 Å². The number of carbonyl (C=O) groups is 4. The number of amides is 2. The van der Waals surface area contributed by atoms with Gasteiger partial charge in [0.25, 0.3) is 5.97 Å². The van der Waals surface area contributed by atoms with Gasteiger partial charge in [-0.1, -0.05) is 11.8 Å². The predicted octanol–water partition coefficient (Wildman–Crippen LogP) is 4.11. The molecule has 0 saturated carbocycles. The zero-order chi connectivity index (χ0) is 27.0. The number of hydrogen-bond acceptors (Lipinski definition) is 7. The van der Waals surface area contributed by atoms with E-state index in [0.717, 1.165) is 23.6 Å². The maximum atomic E-state index is 12.8. The number of thioether (sulfide) groups is 1. The van der Waals surface area contributed by atoms with Gasteiger partial charge in [0.05, 0.1) is 11.3 Å². The predicted molar refractivity (Wildman–Crippen MR) is 130 cm³/mol. The smallest absolute Gasteiger partial charge is 0.481 e. The lowest BCUT2D eigenvalue weighted by atomic mass is 10.2. The van der Waals surface area contributed by atoms with E-state index in [1.165, 1.54) is 55.6 Å². The van der Waals surface area contributed by atoms with Crippen molar-refractivity contribution in [1.29, 1.82) is 0 Å². The van der Waals surface area contributed by atoms with Crippen LogP contribution in [0.25, 0.3) is 0 Å². The minimum absolute atomic E-state index is 0.0366. The number of nitrogens with one attached hydrogen (secondary N) is 1. The van der Waals surface area contributed by atoms with Gasteiger partial charge in [-0.2, -0.15) is 0 Å². The van der Waals surface area contributed by atoms with E-state index in [1.807, 2.05) is 0 Å². The SMILES string of the molecule is CC(=O)O.CN=C(Nc1ccc(OC(F)(F)Cl)cc1)SC1CC(=O)N(c2ccc(C(=O)O)cc2)C1=O. The number of hydrogen-bond donors (Lipinski definition) is 3. The fourth-order valence-corrected chi connectivity index (χ4v) is 3.93. The number of alkyl halides is 3. The molecule has 2 aromatic carbocycles. The lowest BCUT2D eigenvalue weighted by Gasteiger charge is -2.16. The lowest BCUT2D eigenvalue weighted by Crippen LogP contribution is -2.31. The van der Waals surface area contributed by atoms with Gasteiger partial charge in [-0.15, -0.1) is 8.78 Å². The highest BCUT2D eigenvalue weighted by Gasteiger charge is 2.40. The summed E-state index contributed by atoms with van der Waals surface area (Å²) in [4.78, 5) is 50.3. The van der Waals surface area contributed by atoms with Crippen LogP contribution < -0.4 is 15.0 Å². The molecule has 2 aromatic rings. The summed E-state index contributed by atoms with van der Waals surface area (Å²) in [5, 5.41) is 18.9. The normalized spacial score (nSPS) is 15.8. The Bertz CT molecular complexity index is 1150. The fourth-order valence-electron chi connectivity index (χ4n) is 2.86. The third-order valence-electron chi connectivity index (χ3n) is 4.27. The summed E-state index contributed by atoms with van der Waals surface area (Å²) in [5.41, 5.74) is -3.02. The second-order valence-electron chi connectivity index (χ2n) is 6.97. The Morgan fingerprint density at radius 2 is 1.69 bits per heavy atom. The molecule has 14 heteroatoms. The van der Waals surface area contributed by atoms with Crippen LogP contribution in [0.4, 0.5) is 20.2 Å². The number of ether oxygens (including phenoxy) is 1. The fraction of sp³-hybridized carbons (Fsp3) is 0.227. The molecule has 0 spiro atoms. The molecule has 1 aliphatic rings. The number of carbonyl (C=O) groups excluding carboxylic acids is 2. The van der Waals surface area contributed by atoms with Gasteiger partial charge < -0.3 is 20.3 Å². The highest BCUT2D eigenvalue weighted by atomic mass is 35.5. The van der Waals surface area contributed by atoms with Crippen molar-refractivity contribution in [3.63, 3.8) is 0 Å². The molecule has 1 aliphatic heterocycles. The van der Waals surface area contributed by atoms with Crippen LogP contribution in [0, 0.1) is 0 Å². The van der Waals surface area contributed by atoms with E-state index in [2.05, 4.69) is 15.0 Å². The zero-order valence-corrected chi connectivity index (χ0v) is 20.3. The number of benzene rings is 2. The first-order chi connectivity index (χ1) is 16.8. The molecule has 10 nitrogen and oxygen atoms in total. The summed E-state index contributed by atoms with van der Waals surface area (Å²) in [7, 11) is 1.49. The number of aliphatic carboxylic acids is 1. The van der Waals surface area contributed by atoms with Crippen LogP contribution in [-0.4, -0.2) is 57.0 Å². The van der Waals surface area contributed by atoms with Gasteiger partial charge in [-0.05, 0) is 48.5 Å². The number of amidine groups is 1. The van der Waals surface area contributed by atoms with E-state index < -0.39 is 34.6 Å². The van der Waals surface area contributed by atoms with Crippen LogP contribution in [0.1, 0.15) is 23.7 Å². The van der Waals surface area contributed by atoms with Crippen LogP contribution in [0.5, 0.6) is 5.75 Å². The van der Waals surface area contributed by atoms with Crippen LogP contribution in [0.2, 0.25) is 0 Å². The average Bonchev–Trinajstić information content (AvgIpc) is 3.06. The first kappa shape index (κ1) is 28.5. The Balaban J connectivity index is 0.00000106. The standard InChI is InChI=1S/C20H16ClF2N3O5S.C2H4O2/c1-24-19(25-12-4-8-14(9-5-12)31-20(21,22)23)32-15-10-16(27)26(17(15)28)13-6-2-11(3-7-13)18(29)30;1-2(3)4/h2-9,15H,10H2,1H3,(H,24,25)(H,29,30);1H3,(H,3,4). The Kier molecular flexibility index (Phi) is 9.76. The first-order valence-corrected chi connectivity index (χ1v) is 11.2. The van der Waals surface area contributed by atoms with Crippen LogP contribution in [0.15, 0.2) is 53.5 Å². The molecule has 1 atom stereocenters. The Morgan fingerprint density at radius 3 is 2.17 bits per heavy atom. The van der Waals surface area contributed by atoms with Crippen molar-refractivity contribution < 1.29 is 42.9 Å². The van der Waals surface area contributed by atoms with E-state index in [0.29, 0.717) is 10.9 Å². The number of halogens is 3. The van der Waals surface area contributed by atoms with E-state index in [4.69, 9.17) is 26.6 Å². The highest BCUT2D eigenvalue weighted by molar-refractivity contribution is 8.15. The Morgan fingerprint density at radius 1 is 1.14 bits per heavy atom. The van der Waals surface area contributed by atoms with E-state index >= 15 is 0 Å². The number of imide groups is 1. The molecule has 3 N–H and O–H groups in total. The van der Waals surface area contributed by atoms with Crippen molar-refractivity contribution in [2.24, 2.45) is 4.99 Å². The zero-order valence-electron chi connectivity index (χ0n) is 18.8. The van der Waals surface area contributed by atoms with Gasteiger partial charge >= 0.3 is 11.5 Å². The first-order valence-electron chi connectivity index (χ1n) is 9.96. The summed E-state index contributed by atoms with van der Waals surface area (Å²) in [6, 6.07) is 10.9. The second kappa shape index (κ2) is 12.3. The molecule has 0 aromatic heterocycles. The maximum absolute atomic E-state index is 12.8. The molecule has 0 bridgehead atoms. The summed E-state index contributed by atoms with van der Waals surface area (Å²) in [6.45, 7) is 1.08. The van der Waals surface area contributed by atoms with Gasteiger partial charge in [-0.25, -0.2) is 9.69 Å². The van der Waals surface area contributed by atoms with Crippen molar-refractivity contribution in [1.82, 2.24) is 0 Å². The van der Waals surface area contributed by atoms with Crippen LogP contribution in [0.3, 0.4) is 0 Å². The molecule has 192 valence electrons. The molecular formula is C22H20ClF2N3O7S. The van der Waals surface area contributed by atoms with Crippen molar-refractivity contribution in [2.75, 3.05) is 17.3 Å². The van der Waals surface area contributed by atoms with Crippen molar-refractivity contribution in [3.05, 3.63) is 54.1 Å². The molecule has 1 saturated heterocycles. The number of aromatic carboxylic acids is 1. The van der Waals surface area contributed by atoms with Gasteiger partial charge in [0.1, 0.15) is 11.0 Å². The minimum Gasteiger partial charge on any atom is -0.481 e. The lowest BCUT2D eigenvalue weighted by molar-refractivity contribution is -0.134. The van der Waals surface area contributed by atoms with E-state index in [1.54, 1.807) is 0 Å². The van der Waals surface area contributed by atoms with E-state index in [-0.39, 0.29) is 23.4 Å². The Labute approximate surface area is 212 Å². The molecule has 0 radical (unpaired) electrons. The molecule has 1 heterocycles. The summed E-state index contributed by atoms with van der Waals surface area (Å²) >= 11 is 5.77. The highest BCUT2D eigenvalue weighted by Crippen LogP contribution is 2.31. The summed E-state index contributed by atoms with van der Waals surface area (Å²) in [6.07, 6.45) is -0.0670. The average molecular weight is 544 g/mol. The van der Waals surface area contributed by atoms with Crippen molar-refractivity contribution in [3.8, 4) is 5.75 Å². The largest absolute Gasteiger partial charge is 0.487 e. The van der Waals surface area contributed by atoms with Crippen LogP contribution in [-0.2, 0) is 14.4 Å². The maximum Gasteiger partial charge on any atom is 0.487 e. The number of carboxylic acid groups (broad SMARTS) is 2. The van der Waals surface area contributed by atoms with Gasteiger partial charge in [0.15, 0.2) is 5.17 Å². The van der Waals surface area contributed by atoms with Gasteiger partial charge in [-0.3, -0.25) is 19.4 Å². The number of aliphatic imine (C=N–C) groups is 1. The summed E-state index contributed by atoms with van der Waals surface area (Å²) in [5.74, 6) is -2.97. The minimum atomic E-state index is -3.82. The summed E-state index contributed by atoms with van der Waals surface area (Å²) < 4.78 is 29.6. The monoisotopic (exact) mass is 543 g/mol. The molecule has 0 aliphatic carbocycles. The second-order valence-corrected chi connectivity index (χ2v) is 8.61. The number of nitrogens with zero attached hydrogens (tertiary/aromatic N) is 2. The third-order valence-corrected chi connectivity index (χ3v) is 5.51. The van der Waals surface area contributed by atoms with Crippen molar-refractivity contribution in [2.45, 2.75) is 24.2 Å². The Hall–Kier alpha value is -3.71. The quantitative estimate of drug-likeness (QED) is 0.212. The number of carboxylic acids is 2. The molecular weight excluding hydrogens is 524 g/mol. The third kappa shape index (κ3) is 8.50. The molecule has 2 amide bonds. The van der Waals surface area contributed by atoms with Crippen LogP contribution >= 0.6 is 23.4 Å². The number of anilines is 2. The molecule has 36 heavy (non-hydrogen) atoms. The van der Waals surface area contributed by atoms with E-state index in [9.17, 15) is 23.2 Å².